The summed E-state index contributed by atoms with van der Waals surface area (Å²) in [5.41, 5.74) is 2.89. The molecule has 0 unspecified atom stereocenters. The molecule has 0 radical (unpaired) electrons. The highest BCUT2D eigenvalue weighted by Gasteiger charge is 2.20. The third-order valence-electron chi connectivity index (χ3n) is 4.83. The van der Waals surface area contributed by atoms with E-state index >= 15 is 0 Å². The van der Waals surface area contributed by atoms with Crippen LogP contribution >= 0.6 is 0 Å². The van der Waals surface area contributed by atoms with Gasteiger partial charge in [-0.2, -0.15) is 0 Å². The number of nitrogens with one attached hydrogen (secondary N) is 1. The van der Waals surface area contributed by atoms with Gasteiger partial charge < -0.3 is 14.4 Å². The van der Waals surface area contributed by atoms with E-state index in [0.29, 0.717) is 36.2 Å². The summed E-state index contributed by atoms with van der Waals surface area (Å²) in [6, 6.07) is 5.02. The number of benzene rings is 1. The van der Waals surface area contributed by atoms with Gasteiger partial charge in [0.05, 0.1) is 37.5 Å². The minimum Gasteiger partial charge on any atom is -0.496 e. The summed E-state index contributed by atoms with van der Waals surface area (Å²) in [6.45, 7) is 8.30. The smallest absolute Gasteiger partial charge is 0.241 e. The molecule has 28 heavy (non-hydrogen) atoms. The Morgan fingerprint density at radius 3 is 2.54 bits per heavy atom. The second kappa shape index (κ2) is 8.42. The van der Waals surface area contributed by atoms with Gasteiger partial charge in [0, 0.05) is 18.8 Å². The SMILES string of the molecule is COc1ccc(S(=O)(=O)NCc2cc(C)nc(N3CCOCC3)n2)c(C)c1C. The minimum atomic E-state index is -3.69. The monoisotopic (exact) mass is 406 g/mol. The third kappa shape index (κ3) is 4.43. The fourth-order valence-electron chi connectivity index (χ4n) is 3.14. The summed E-state index contributed by atoms with van der Waals surface area (Å²) < 4.78 is 38.9. The van der Waals surface area contributed by atoms with Gasteiger partial charge in [-0.15, -0.1) is 0 Å². The van der Waals surface area contributed by atoms with E-state index in [9.17, 15) is 8.42 Å². The molecule has 0 atom stereocenters. The van der Waals surface area contributed by atoms with Crippen molar-refractivity contribution in [3.8, 4) is 5.75 Å². The maximum atomic E-state index is 12.8. The van der Waals surface area contributed by atoms with Crippen LogP contribution in [0, 0.1) is 20.8 Å². The number of rotatable bonds is 6. The molecule has 0 amide bonds. The largest absolute Gasteiger partial charge is 0.496 e. The predicted octanol–water partition coefficient (Wildman–Crippen LogP) is 1.73. The Morgan fingerprint density at radius 2 is 1.86 bits per heavy atom. The summed E-state index contributed by atoms with van der Waals surface area (Å²) in [4.78, 5) is 11.3. The number of aryl methyl sites for hydroxylation is 1. The molecule has 1 saturated heterocycles. The second-order valence-corrected chi connectivity index (χ2v) is 8.48. The van der Waals surface area contributed by atoms with Crippen molar-refractivity contribution in [1.82, 2.24) is 14.7 Å². The molecule has 1 aromatic carbocycles. The highest BCUT2D eigenvalue weighted by molar-refractivity contribution is 7.89. The van der Waals surface area contributed by atoms with Crippen molar-refractivity contribution in [3.63, 3.8) is 0 Å². The standard InChI is InChI=1S/C19H26N4O4S/c1-13-11-16(22-19(21-13)23-7-9-27-10-8-23)12-20-28(24,25)18-6-5-17(26-4)14(2)15(18)3/h5-6,11,20H,7-10,12H2,1-4H3. The molecule has 1 aliphatic heterocycles. The Labute approximate surface area is 166 Å². The van der Waals surface area contributed by atoms with Crippen molar-refractivity contribution in [2.45, 2.75) is 32.2 Å². The lowest BCUT2D eigenvalue weighted by molar-refractivity contribution is 0.122. The van der Waals surface area contributed by atoms with E-state index in [1.165, 1.54) is 0 Å². The van der Waals surface area contributed by atoms with Crippen molar-refractivity contribution >= 4 is 16.0 Å². The summed E-state index contributed by atoms with van der Waals surface area (Å²) in [7, 11) is -2.12. The average molecular weight is 407 g/mol. The zero-order valence-corrected chi connectivity index (χ0v) is 17.5. The number of ether oxygens (including phenoxy) is 2. The van der Waals surface area contributed by atoms with E-state index in [0.717, 1.165) is 24.3 Å². The van der Waals surface area contributed by atoms with Gasteiger partial charge in [-0.25, -0.2) is 23.1 Å². The Hall–Kier alpha value is -2.23. The first-order chi connectivity index (χ1) is 13.3. The lowest BCUT2D eigenvalue weighted by Gasteiger charge is -2.27. The number of sulfonamides is 1. The van der Waals surface area contributed by atoms with Gasteiger partial charge in [-0.1, -0.05) is 0 Å². The number of methoxy groups -OCH3 is 1. The fraction of sp³-hybridized carbons (Fsp3) is 0.474. The van der Waals surface area contributed by atoms with E-state index in [1.807, 2.05) is 18.7 Å². The van der Waals surface area contributed by atoms with Crippen LogP contribution in [0.15, 0.2) is 23.1 Å². The van der Waals surface area contributed by atoms with Gasteiger partial charge in [0.15, 0.2) is 0 Å². The first-order valence-corrected chi connectivity index (χ1v) is 10.6. The van der Waals surface area contributed by atoms with Crippen molar-refractivity contribution in [2.24, 2.45) is 0 Å². The van der Waals surface area contributed by atoms with Crippen LogP contribution in [0.5, 0.6) is 5.75 Å². The topological polar surface area (TPSA) is 93.7 Å². The van der Waals surface area contributed by atoms with Gasteiger partial charge >= 0.3 is 0 Å². The lowest BCUT2D eigenvalue weighted by Crippen LogP contribution is -2.37. The Balaban J connectivity index is 1.79. The predicted molar refractivity (Wildman–Crippen MR) is 106 cm³/mol. The summed E-state index contributed by atoms with van der Waals surface area (Å²) >= 11 is 0. The molecule has 2 heterocycles. The van der Waals surface area contributed by atoms with Crippen LogP contribution in [0.1, 0.15) is 22.5 Å². The van der Waals surface area contributed by atoms with Crippen LogP contribution < -0.4 is 14.4 Å². The Bertz CT molecular complexity index is 957. The average Bonchev–Trinajstić information content (AvgIpc) is 2.68. The van der Waals surface area contributed by atoms with Gasteiger partial charge in [0.2, 0.25) is 16.0 Å². The molecule has 8 nitrogen and oxygen atoms in total. The fourth-order valence-corrected chi connectivity index (χ4v) is 4.44. The van der Waals surface area contributed by atoms with Crippen LogP contribution in [-0.4, -0.2) is 51.8 Å². The number of hydrogen-bond acceptors (Lipinski definition) is 7. The third-order valence-corrected chi connectivity index (χ3v) is 6.38. The molecule has 0 bridgehead atoms. The maximum absolute atomic E-state index is 12.8. The molecule has 0 saturated carbocycles. The van der Waals surface area contributed by atoms with Crippen LogP contribution in [0.25, 0.3) is 0 Å². The number of aromatic nitrogens is 2. The first kappa shape index (κ1) is 20.5. The molecule has 2 aromatic rings. The van der Waals surface area contributed by atoms with E-state index in [1.54, 1.807) is 32.2 Å². The molecule has 9 heteroatoms. The molecule has 0 spiro atoms. The molecular weight excluding hydrogens is 380 g/mol. The molecular formula is C19H26N4O4S. The molecule has 1 N–H and O–H groups in total. The second-order valence-electron chi connectivity index (χ2n) is 6.74. The first-order valence-electron chi connectivity index (χ1n) is 9.13. The van der Waals surface area contributed by atoms with Gasteiger partial charge in [-0.05, 0) is 50.1 Å². The Morgan fingerprint density at radius 1 is 1.14 bits per heavy atom. The molecule has 1 aromatic heterocycles. The van der Waals surface area contributed by atoms with Crippen molar-refractivity contribution in [2.75, 3.05) is 38.3 Å². The summed E-state index contributed by atoms with van der Waals surface area (Å²) in [5, 5.41) is 0. The lowest BCUT2D eigenvalue weighted by atomic mass is 10.1. The van der Waals surface area contributed by atoms with Crippen molar-refractivity contribution in [1.29, 1.82) is 0 Å². The van der Waals surface area contributed by atoms with E-state index in [-0.39, 0.29) is 11.4 Å². The van der Waals surface area contributed by atoms with E-state index in [4.69, 9.17) is 9.47 Å². The summed E-state index contributed by atoms with van der Waals surface area (Å²) in [6.07, 6.45) is 0. The maximum Gasteiger partial charge on any atom is 0.241 e. The zero-order valence-electron chi connectivity index (χ0n) is 16.7. The molecule has 1 aliphatic rings. The normalized spacial score (nSPS) is 14.9. The van der Waals surface area contributed by atoms with E-state index < -0.39 is 10.0 Å². The molecule has 1 fully saturated rings. The quantitative estimate of drug-likeness (QED) is 0.781. The van der Waals surface area contributed by atoms with Gasteiger partial charge in [-0.3, -0.25) is 0 Å². The molecule has 0 aliphatic carbocycles. The zero-order chi connectivity index (χ0) is 20.3. The highest BCUT2D eigenvalue weighted by atomic mass is 32.2. The van der Waals surface area contributed by atoms with Crippen molar-refractivity contribution < 1.29 is 17.9 Å². The minimum absolute atomic E-state index is 0.0908. The highest BCUT2D eigenvalue weighted by Crippen LogP contribution is 2.26. The number of nitrogens with zero attached hydrogens (tertiary/aromatic N) is 3. The van der Waals surface area contributed by atoms with Gasteiger partial charge in [0.25, 0.3) is 0 Å². The Kier molecular flexibility index (Phi) is 6.17. The van der Waals surface area contributed by atoms with Crippen LogP contribution in [0.3, 0.4) is 0 Å². The van der Waals surface area contributed by atoms with Gasteiger partial charge in [0.1, 0.15) is 5.75 Å². The number of hydrogen-bond donors (Lipinski definition) is 1. The van der Waals surface area contributed by atoms with Crippen LogP contribution in [-0.2, 0) is 21.3 Å². The van der Waals surface area contributed by atoms with Crippen LogP contribution in [0.2, 0.25) is 0 Å². The number of anilines is 1. The van der Waals surface area contributed by atoms with E-state index in [2.05, 4.69) is 14.7 Å². The number of morpholine rings is 1. The van der Waals surface area contributed by atoms with Crippen LogP contribution in [0.4, 0.5) is 5.95 Å². The van der Waals surface area contributed by atoms with Crippen molar-refractivity contribution in [3.05, 3.63) is 40.7 Å². The summed E-state index contributed by atoms with van der Waals surface area (Å²) in [5.74, 6) is 1.27. The molecule has 3 rings (SSSR count). The molecule has 152 valence electrons.